The average molecular weight is 1330 g/mol. The summed E-state index contributed by atoms with van der Waals surface area (Å²) < 4.78 is 0. The van der Waals surface area contributed by atoms with Crippen LogP contribution in [0.15, 0.2) is 48.0 Å². The molecule has 0 unspecified atom stereocenters. The van der Waals surface area contributed by atoms with E-state index in [0.717, 1.165) is 6.92 Å². The molecule has 11 amide bonds. The number of thiol groups is 1. The monoisotopic (exact) mass is 1330 g/mol. The molecule has 0 fully saturated rings. The fourth-order valence-corrected chi connectivity index (χ4v) is 9.45. The van der Waals surface area contributed by atoms with Crippen molar-refractivity contribution in [2.75, 3.05) is 32.1 Å². The Kier molecular flexibility index (Phi) is 32.7. The number of carboxylic acids is 1. The number of aromatic nitrogens is 3. The number of para-hydroxylation sites is 1. The van der Waals surface area contributed by atoms with Gasteiger partial charge in [-0.3, -0.25) is 57.7 Å². The van der Waals surface area contributed by atoms with Gasteiger partial charge in [0.15, 0.2) is 5.96 Å². The van der Waals surface area contributed by atoms with Gasteiger partial charge in [-0.15, -0.1) is 0 Å². The van der Waals surface area contributed by atoms with Crippen molar-refractivity contribution < 1.29 is 78.0 Å². The zero-order valence-corrected chi connectivity index (χ0v) is 54.1. The number of aliphatic carboxylic acids is 1. The van der Waals surface area contributed by atoms with Crippen LogP contribution in [0.3, 0.4) is 0 Å². The molecule has 2 aromatic heterocycles. The van der Waals surface area contributed by atoms with Gasteiger partial charge >= 0.3 is 5.97 Å². The van der Waals surface area contributed by atoms with E-state index in [1.807, 2.05) is 13.8 Å². The second-order valence-corrected chi connectivity index (χ2v) is 23.5. The fraction of sp³-hybridized carbons (Fsp3) is 0.586. The molecule has 2 heterocycles. The lowest BCUT2D eigenvalue weighted by molar-refractivity contribution is -0.142. The highest BCUT2D eigenvalue weighted by Gasteiger charge is 2.38. The van der Waals surface area contributed by atoms with Crippen LogP contribution in [0.2, 0.25) is 0 Å². The summed E-state index contributed by atoms with van der Waals surface area (Å²) in [6.45, 7) is 9.60. The number of aromatic amines is 2. The number of fused-ring (bicyclic) bond motifs is 1. The first-order valence-corrected chi connectivity index (χ1v) is 30.9. The van der Waals surface area contributed by atoms with Gasteiger partial charge in [-0.2, -0.15) is 12.6 Å². The number of hydrogen-bond donors (Lipinski definition) is 21. The Bertz CT molecular complexity index is 3050. The summed E-state index contributed by atoms with van der Waals surface area (Å²) in [5.41, 5.74) is 18.7. The lowest BCUT2D eigenvalue weighted by Crippen LogP contribution is -2.63. The fourth-order valence-electron chi connectivity index (χ4n) is 9.20. The molecule has 0 aliphatic rings. The van der Waals surface area contributed by atoms with Gasteiger partial charge in [0.05, 0.1) is 38.2 Å². The lowest BCUT2D eigenvalue weighted by atomic mass is 9.96. The van der Waals surface area contributed by atoms with Gasteiger partial charge in [-0.1, -0.05) is 66.2 Å². The number of nitrogens with zero attached hydrogens (tertiary/aromatic N) is 2. The number of aliphatic hydroxyl groups is 3. The van der Waals surface area contributed by atoms with Gasteiger partial charge in [0.1, 0.15) is 60.4 Å². The Morgan fingerprint density at radius 2 is 1.16 bits per heavy atom. The smallest absolute Gasteiger partial charge is 0.326 e. The van der Waals surface area contributed by atoms with Crippen LogP contribution < -0.4 is 75.7 Å². The molecule has 0 bridgehead atoms. The lowest BCUT2D eigenvalue weighted by Gasteiger charge is -2.29. The van der Waals surface area contributed by atoms with E-state index in [2.05, 4.69) is 91.1 Å². The highest BCUT2D eigenvalue weighted by atomic mass is 32.1. The number of benzene rings is 1. The molecule has 3 aromatic rings. The Morgan fingerprint density at radius 3 is 1.72 bits per heavy atom. The Hall–Kier alpha value is -8.93. The third-order valence-electron chi connectivity index (χ3n) is 14.7. The number of H-pyrrole nitrogens is 2. The van der Waals surface area contributed by atoms with Gasteiger partial charge in [0.25, 0.3) is 0 Å². The molecule has 0 saturated heterocycles. The Labute approximate surface area is 542 Å². The Balaban J connectivity index is 1.77. The highest BCUT2D eigenvalue weighted by Crippen LogP contribution is 2.20. The maximum Gasteiger partial charge on any atom is 0.326 e. The molecule has 0 spiro atoms. The number of nitrogens with two attached hydrogens (primary N) is 3. The Morgan fingerprint density at radius 1 is 0.624 bits per heavy atom. The van der Waals surface area contributed by atoms with Crippen molar-refractivity contribution in [1.82, 2.24) is 73.4 Å². The molecule has 0 radical (unpaired) electrons. The first-order valence-electron chi connectivity index (χ1n) is 30.2. The zero-order valence-electron chi connectivity index (χ0n) is 53.2. The topological polar surface area (TPSA) is 553 Å². The van der Waals surface area contributed by atoms with E-state index in [-0.39, 0.29) is 49.9 Å². The van der Waals surface area contributed by atoms with E-state index in [0.29, 0.717) is 35.0 Å². The molecule has 0 aliphatic carbocycles. The van der Waals surface area contributed by atoms with Gasteiger partial charge in [0.2, 0.25) is 65.0 Å². The predicted molar refractivity (Wildman–Crippen MR) is 341 cm³/mol. The van der Waals surface area contributed by atoms with Crippen molar-refractivity contribution in [3.05, 3.63) is 54.2 Å². The third kappa shape index (κ3) is 25.6. The van der Waals surface area contributed by atoms with Crippen molar-refractivity contribution in [3.63, 3.8) is 0 Å². The summed E-state index contributed by atoms with van der Waals surface area (Å²) in [7, 11) is 0. The van der Waals surface area contributed by atoms with E-state index in [1.165, 1.54) is 33.3 Å². The molecule has 1 aromatic carbocycles. The minimum Gasteiger partial charge on any atom is -0.480 e. The number of amides is 11. The van der Waals surface area contributed by atoms with E-state index < -0.39 is 175 Å². The number of carboxylic acid groups (broad SMARTS) is 1. The standard InChI is InChI=1S/C58H92N18O16S/c1-9-29(6)45(54(88)65-22-43(80)67-30(7)47(81)70-39(57(91)92)19-33-21-62-26-66-33)75-55(89)44(28(4)5)74-52(86)41(24-78)72-51(85)40(23-77)71-49(83)37(15-12-16-63-58(60)61)68-56(90)46(31(8)79)76-50(84)38(18-32-20-64-36-14-11-10-13-34(32)36)69-53(87)42(25-93)73-48(82)35(59)17-27(2)3/h10-11,13-14,20-21,26-31,35,37-42,44-46,64,77-79,93H,9,12,15-19,22-25,59H2,1-8H3,(H,62,66)(H,65,88)(H,67,80)(H,68,90)(H,69,87)(H,70,81)(H,71,83)(H,72,85)(H,73,82)(H,74,86)(H,75,89)(H,76,84)(H,91,92)(H4,60,61,63)/t29-,30-,31+,35-,37-,38-,39-,40-,41-,42-,44-,45-,46-/m0/s1. The molecule has 3 rings (SSSR count). The number of imidazole rings is 1. The number of nitrogens with one attached hydrogen (secondary N) is 13. The largest absolute Gasteiger partial charge is 0.480 e. The van der Waals surface area contributed by atoms with Crippen LogP contribution in [0.25, 0.3) is 10.9 Å². The van der Waals surface area contributed by atoms with E-state index in [1.54, 1.807) is 44.3 Å². The first-order chi connectivity index (χ1) is 43.8. The molecule has 516 valence electrons. The van der Waals surface area contributed by atoms with Crippen LogP contribution >= 0.6 is 12.6 Å². The number of carbonyl (C=O) groups is 12. The average Bonchev–Trinajstić information content (AvgIpc) is 1.89. The van der Waals surface area contributed by atoms with Gasteiger partial charge < -0.3 is 106 Å². The molecule has 23 N–H and O–H groups in total. The summed E-state index contributed by atoms with van der Waals surface area (Å²) in [5.74, 6) is -13.6. The molecular formula is C58H92N18O16S. The van der Waals surface area contributed by atoms with E-state index in [9.17, 15) is 78.0 Å². The number of aliphatic hydroxyl groups excluding tert-OH is 3. The van der Waals surface area contributed by atoms with E-state index >= 15 is 0 Å². The number of hydrogen-bond acceptors (Lipinski definition) is 19. The highest BCUT2D eigenvalue weighted by molar-refractivity contribution is 7.80. The molecule has 35 heteroatoms. The van der Waals surface area contributed by atoms with Gasteiger partial charge in [-0.25, -0.2) is 9.78 Å². The zero-order chi connectivity index (χ0) is 69.8. The van der Waals surface area contributed by atoms with Gasteiger partial charge in [-0.05, 0) is 62.5 Å². The maximum atomic E-state index is 14.3. The molecule has 0 saturated carbocycles. The molecule has 0 aliphatic heterocycles. The van der Waals surface area contributed by atoms with E-state index in [4.69, 9.17) is 17.2 Å². The van der Waals surface area contributed by atoms with Crippen molar-refractivity contribution in [2.24, 2.45) is 39.9 Å². The van der Waals surface area contributed by atoms with Crippen molar-refractivity contribution >= 4 is 100 Å². The molecule has 34 nitrogen and oxygen atoms in total. The maximum absolute atomic E-state index is 14.3. The summed E-state index contributed by atoms with van der Waals surface area (Å²) >= 11 is 4.25. The van der Waals surface area contributed by atoms with Crippen molar-refractivity contribution in [3.8, 4) is 0 Å². The second kappa shape index (κ2) is 38.8. The molecule has 13 atom stereocenters. The minimum atomic E-state index is -1.89. The van der Waals surface area contributed by atoms with Crippen molar-refractivity contribution in [2.45, 2.75) is 166 Å². The normalized spacial score (nSPS) is 15.5. The number of rotatable bonds is 40. The van der Waals surface area contributed by atoms with Gasteiger partial charge in [0, 0.05) is 54.1 Å². The van der Waals surface area contributed by atoms with Crippen LogP contribution in [0.1, 0.15) is 92.3 Å². The first kappa shape index (κ1) is 78.3. The van der Waals surface area contributed by atoms with Crippen molar-refractivity contribution in [1.29, 1.82) is 0 Å². The number of guanidine groups is 1. The SMILES string of the molecule is CC[C@H](C)[C@H](NC(=O)[C@@H](NC(=O)[C@H](CO)NC(=O)[C@H](CO)NC(=O)[C@H](CCCN=C(N)N)NC(=O)[C@@H](NC(=O)[C@H](Cc1c[nH]c2ccccc12)NC(=O)[C@H](CS)NC(=O)[C@@H](N)CC(C)C)[C@@H](C)O)C(C)C)C(=O)NCC(=O)N[C@@H](C)C(=O)N[C@@H](Cc1cnc[nH]1)C(=O)O. The van der Waals surface area contributed by atoms with Crippen LogP contribution in [0.5, 0.6) is 0 Å². The summed E-state index contributed by atoms with van der Waals surface area (Å²) in [5, 5.41) is 68.7. The summed E-state index contributed by atoms with van der Waals surface area (Å²) in [6, 6.07) is -9.19. The third-order valence-corrected chi connectivity index (χ3v) is 15.1. The van der Waals surface area contributed by atoms with Crippen LogP contribution in [-0.4, -0.2) is 217 Å². The second-order valence-electron chi connectivity index (χ2n) is 23.1. The van der Waals surface area contributed by atoms with Crippen LogP contribution in [-0.2, 0) is 70.4 Å². The predicted octanol–water partition coefficient (Wildman–Crippen LogP) is -5.83. The number of aliphatic imine (C=N–C) groups is 1. The minimum absolute atomic E-state index is 0.00594. The van der Waals surface area contributed by atoms with Crippen LogP contribution in [0.4, 0.5) is 0 Å². The quantitative estimate of drug-likeness (QED) is 0.0109. The summed E-state index contributed by atoms with van der Waals surface area (Å²) in [4.78, 5) is 175. The summed E-state index contributed by atoms with van der Waals surface area (Å²) in [6.07, 6.45) is 2.70. The molecular weight excluding hydrogens is 1240 g/mol. The number of carbonyl (C=O) groups excluding carboxylic acids is 11. The molecule has 93 heavy (non-hydrogen) atoms. The van der Waals surface area contributed by atoms with Crippen LogP contribution in [0, 0.1) is 17.8 Å².